The summed E-state index contributed by atoms with van der Waals surface area (Å²) in [5.41, 5.74) is 2.15. The standard InChI is InChI=1S/C15H16N6O3S/c1-4-21-6-9(8(2)18-21)11-7-25-15(16-11)17-13(22)10-5-20(3)19-12(10)14(23)24/h5-7H,4H2,1-3H3,(H,23,24)(H,16,17,22). The van der Waals surface area contributed by atoms with Gasteiger partial charge in [-0.05, 0) is 13.8 Å². The number of hydrogen-bond acceptors (Lipinski definition) is 6. The molecule has 1 amide bonds. The quantitative estimate of drug-likeness (QED) is 0.719. The lowest BCUT2D eigenvalue weighted by Crippen LogP contribution is -2.15. The minimum absolute atomic E-state index is 0.0123. The molecular weight excluding hydrogens is 344 g/mol. The topological polar surface area (TPSA) is 115 Å². The van der Waals surface area contributed by atoms with Gasteiger partial charge >= 0.3 is 5.97 Å². The van der Waals surface area contributed by atoms with E-state index in [-0.39, 0.29) is 11.3 Å². The predicted molar refractivity (Wildman–Crippen MR) is 91.9 cm³/mol. The van der Waals surface area contributed by atoms with E-state index in [2.05, 4.69) is 20.5 Å². The number of carboxylic acid groups (broad SMARTS) is 1. The van der Waals surface area contributed by atoms with Crippen molar-refractivity contribution in [2.75, 3.05) is 5.32 Å². The second-order valence-electron chi connectivity index (χ2n) is 5.35. The summed E-state index contributed by atoms with van der Waals surface area (Å²) in [6, 6.07) is 0. The van der Waals surface area contributed by atoms with Crippen LogP contribution in [0.5, 0.6) is 0 Å². The number of carbonyl (C=O) groups is 2. The fourth-order valence-electron chi connectivity index (χ4n) is 2.36. The van der Waals surface area contributed by atoms with Crippen molar-refractivity contribution in [2.24, 2.45) is 7.05 Å². The lowest BCUT2D eigenvalue weighted by Gasteiger charge is -1.99. The highest BCUT2D eigenvalue weighted by Gasteiger charge is 2.22. The van der Waals surface area contributed by atoms with E-state index in [0.29, 0.717) is 10.8 Å². The van der Waals surface area contributed by atoms with Gasteiger partial charge in [0.15, 0.2) is 10.8 Å². The largest absolute Gasteiger partial charge is 0.476 e. The normalized spacial score (nSPS) is 10.8. The Morgan fingerprint density at radius 3 is 2.72 bits per heavy atom. The average Bonchev–Trinajstić information content (AvgIpc) is 3.25. The van der Waals surface area contributed by atoms with Crippen LogP contribution in [0.15, 0.2) is 17.8 Å². The third-order valence-electron chi connectivity index (χ3n) is 3.55. The molecule has 0 fully saturated rings. The summed E-state index contributed by atoms with van der Waals surface area (Å²) >= 11 is 1.26. The van der Waals surface area contributed by atoms with Crippen LogP contribution in [-0.4, -0.2) is 41.5 Å². The lowest BCUT2D eigenvalue weighted by atomic mass is 10.2. The number of amides is 1. The van der Waals surface area contributed by atoms with Crippen LogP contribution in [0.1, 0.15) is 33.5 Å². The van der Waals surface area contributed by atoms with Crippen molar-refractivity contribution < 1.29 is 14.7 Å². The molecule has 0 bridgehead atoms. The third kappa shape index (κ3) is 3.29. The number of rotatable bonds is 5. The van der Waals surface area contributed by atoms with Gasteiger partial charge < -0.3 is 5.11 Å². The zero-order valence-corrected chi connectivity index (χ0v) is 14.7. The second kappa shape index (κ2) is 6.48. The van der Waals surface area contributed by atoms with E-state index in [1.807, 2.05) is 30.1 Å². The molecule has 0 radical (unpaired) electrons. The monoisotopic (exact) mass is 360 g/mol. The molecular formula is C15H16N6O3S. The molecule has 3 aromatic rings. The molecule has 0 spiro atoms. The number of aromatic nitrogens is 5. The van der Waals surface area contributed by atoms with E-state index < -0.39 is 11.9 Å². The number of aromatic carboxylic acids is 1. The molecule has 0 aliphatic rings. The number of thiazole rings is 1. The van der Waals surface area contributed by atoms with E-state index in [1.54, 1.807) is 7.05 Å². The highest BCUT2D eigenvalue weighted by Crippen LogP contribution is 2.27. The average molecular weight is 360 g/mol. The Kier molecular flexibility index (Phi) is 4.36. The summed E-state index contributed by atoms with van der Waals surface area (Å²) in [7, 11) is 1.55. The maximum Gasteiger partial charge on any atom is 0.357 e. The summed E-state index contributed by atoms with van der Waals surface area (Å²) in [5.74, 6) is -1.82. The van der Waals surface area contributed by atoms with Crippen molar-refractivity contribution in [1.29, 1.82) is 0 Å². The number of aryl methyl sites for hydroxylation is 3. The van der Waals surface area contributed by atoms with Gasteiger partial charge in [-0.2, -0.15) is 10.2 Å². The first-order chi connectivity index (χ1) is 11.9. The lowest BCUT2D eigenvalue weighted by molar-refractivity contribution is 0.0685. The third-order valence-corrected chi connectivity index (χ3v) is 4.30. The first-order valence-corrected chi connectivity index (χ1v) is 8.35. The van der Waals surface area contributed by atoms with Crippen LogP contribution in [0, 0.1) is 6.92 Å². The Bertz CT molecular complexity index is 955. The van der Waals surface area contributed by atoms with Gasteiger partial charge in [-0.3, -0.25) is 19.5 Å². The van der Waals surface area contributed by atoms with Crippen molar-refractivity contribution in [2.45, 2.75) is 20.4 Å². The molecule has 2 N–H and O–H groups in total. The van der Waals surface area contributed by atoms with Crippen LogP contribution in [0.4, 0.5) is 5.13 Å². The number of anilines is 1. The van der Waals surface area contributed by atoms with E-state index in [1.165, 1.54) is 22.2 Å². The zero-order chi connectivity index (χ0) is 18.1. The Morgan fingerprint density at radius 2 is 2.08 bits per heavy atom. The number of nitrogens with zero attached hydrogens (tertiary/aromatic N) is 5. The Morgan fingerprint density at radius 1 is 1.32 bits per heavy atom. The van der Waals surface area contributed by atoms with Crippen LogP contribution in [-0.2, 0) is 13.6 Å². The maximum absolute atomic E-state index is 12.3. The van der Waals surface area contributed by atoms with Crippen LogP contribution >= 0.6 is 11.3 Å². The molecule has 3 heterocycles. The van der Waals surface area contributed by atoms with Gasteiger partial charge in [-0.1, -0.05) is 0 Å². The van der Waals surface area contributed by atoms with Gasteiger partial charge in [0.05, 0.1) is 17.0 Å². The number of nitrogens with one attached hydrogen (secondary N) is 1. The van der Waals surface area contributed by atoms with Crippen LogP contribution in [0.2, 0.25) is 0 Å². The van der Waals surface area contributed by atoms with Gasteiger partial charge in [0.2, 0.25) is 0 Å². The van der Waals surface area contributed by atoms with Crippen LogP contribution < -0.4 is 5.32 Å². The molecule has 0 unspecified atom stereocenters. The van der Waals surface area contributed by atoms with Crippen LogP contribution in [0.3, 0.4) is 0 Å². The zero-order valence-electron chi connectivity index (χ0n) is 13.8. The molecule has 0 aromatic carbocycles. The summed E-state index contributed by atoms with van der Waals surface area (Å²) < 4.78 is 3.10. The molecule has 10 heteroatoms. The minimum Gasteiger partial charge on any atom is -0.476 e. The first kappa shape index (κ1) is 16.8. The van der Waals surface area contributed by atoms with Gasteiger partial charge in [0, 0.05) is 36.9 Å². The number of hydrogen-bond donors (Lipinski definition) is 2. The summed E-state index contributed by atoms with van der Waals surface area (Å²) in [5, 5.41) is 22.1. The Hall–Kier alpha value is -3.01. The molecule has 3 aromatic heterocycles. The van der Waals surface area contributed by atoms with Gasteiger partial charge in [0.25, 0.3) is 5.91 Å². The highest BCUT2D eigenvalue weighted by molar-refractivity contribution is 7.14. The van der Waals surface area contributed by atoms with Gasteiger partial charge in [-0.25, -0.2) is 9.78 Å². The van der Waals surface area contributed by atoms with E-state index in [4.69, 9.17) is 5.11 Å². The van der Waals surface area contributed by atoms with Crippen molar-refractivity contribution in [3.05, 3.63) is 34.7 Å². The molecule has 130 valence electrons. The summed E-state index contributed by atoms with van der Waals surface area (Å²) in [6.45, 7) is 4.65. The Labute approximate surface area is 146 Å². The summed E-state index contributed by atoms with van der Waals surface area (Å²) in [4.78, 5) is 27.9. The van der Waals surface area contributed by atoms with Gasteiger partial charge in [-0.15, -0.1) is 11.3 Å². The van der Waals surface area contributed by atoms with E-state index in [0.717, 1.165) is 17.8 Å². The molecule has 0 saturated heterocycles. The fraction of sp³-hybridized carbons (Fsp3) is 0.267. The molecule has 0 saturated carbocycles. The highest BCUT2D eigenvalue weighted by atomic mass is 32.1. The van der Waals surface area contributed by atoms with Crippen molar-refractivity contribution in [3.8, 4) is 11.3 Å². The molecule has 0 aliphatic carbocycles. The van der Waals surface area contributed by atoms with Gasteiger partial charge in [0.1, 0.15) is 0 Å². The maximum atomic E-state index is 12.3. The van der Waals surface area contributed by atoms with E-state index in [9.17, 15) is 9.59 Å². The predicted octanol–water partition coefficient (Wildman–Crippen LogP) is 2.02. The second-order valence-corrected chi connectivity index (χ2v) is 6.20. The molecule has 3 rings (SSSR count). The number of carbonyl (C=O) groups excluding carboxylic acids is 1. The van der Waals surface area contributed by atoms with Crippen molar-refractivity contribution in [3.63, 3.8) is 0 Å². The SMILES string of the molecule is CCn1cc(-c2csc(NC(=O)c3cn(C)nc3C(=O)O)n2)c(C)n1. The smallest absolute Gasteiger partial charge is 0.357 e. The summed E-state index contributed by atoms with van der Waals surface area (Å²) in [6.07, 6.45) is 3.27. The fourth-order valence-corrected chi connectivity index (χ4v) is 3.07. The minimum atomic E-state index is -1.26. The Balaban J connectivity index is 1.83. The molecule has 25 heavy (non-hydrogen) atoms. The first-order valence-electron chi connectivity index (χ1n) is 7.47. The molecule has 0 atom stereocenters. The van der Waals surface area contributed by atoms with Crippen molar-refractivity contribution in [1.82, 2.24) is 24.5 Å². The molecule has 0 aliphatic heterocycles. The van der Waals surface area contributed by atoms with E-state index >= 15 is 0 Å². The number of carboxylic acids is 1. The van der Waals surface area contributed by atoms with Crippen LogP contribution in [0.25, 0.3) is 11.3 Å². The van der Waals surface area contributed by atoms with Crippen molar-refractivity contribution >= 4 is 28.3 Å². The molecule has 9 nitrogen and oxygen atoms in total.